The fourth-order valence-corrected chi connectivity index (χ4v) is 2.47. The summed E-state index contributed by atoms with van der Waals surface area (Å²) in [4.78, 5) is 35.4. The number of nitrogens with one attached hydrogen (secondary N) is 2. The minimum atomic E-state index is -0.534. The molecular weight excluding hydrogens is 368 g/mol. The highest BCUT2D eigenvalue weighted by Crippen LogP contribution is 2.20. The lowest BCUT2D eigenvalue weighted by molar-refractivity contribution is -0.147. The molecule has 0 aliphatic carbocycles. The van der Waals surface area contributed by atoms with Crippen molar-refractivity contribution in [3.63, 3.8) is 0 Å². The lowest BCUT2D eigenvalue weighted by atomic mass is 10.2. The van der Waals surface area contributed by atoms with E-state index in [4.69, 9.17) is 16.3 Å². The second-order valence-corrected chi connectivity index (χ2v) is 6.31. The fourth-order valence-electron chi connectivity index (χ4n) is 2.29. The highest BCUT2D eigenvalue weighted by atomic mass is 35.5. The molecule has 6 nitrogen and oxygen atoms in total. The van der Waals surface area contributed by atoms with E-state index in [1.165, 1.54) is 0 Å². The summed E-state index contributed by atoms with van der Waals surface area (Å²) in [7, 11) is 0. The Balaban J connectivity index is 1.64. The fraction of sp³-hybridized carbons (Fsp3) is 0.250. The molecule has 2 rings (SSSR count). The average molecular weight is 389 g/mol. The molecule has 2 amide bonds. The van der Waals surface area contributed by atoms with Crippen molar-refractivity contribution in [2.45, 2.75) is 26.2 Å². The quantitative estimate of drug-likeness (QED) is 0.671. The summed E-state index contributed by atoms with van der Waals surface area (Å²) in [5, 5.41) is 5.76. The number of rotatable bonds is 8. The van der Waals surface area contributed by atoms with Crippen molar-refractivity contribution in [3.05, 3.63) is 59.1 Å². The number of aryl methyl sites for hydroxylation is 1. The van der Waals surface area contributed by atoms with Crippen LogP contribution in [-0.4, -0.2) is 24.4 Å². The van der Waals surface area contributed by atoms with E-state index >= 15 is 0 Å². The molecule has 0 aliphatic rings. The molecule has 0 heterocycles. The first-order valence-electron chi connectivity index (χ1n) is 8.51. The topological polar surface area (TPSA) is 84.5 Å². The van der Waals surface area contributed by atoms with Crippen molar-refractivity contribution in [2.24, 2.45) is 0 Å². The number of ether oxygens (including phenoxy) is 1. The van der Waals surface area contributed by atoms with Crippen LogP contribution in [0.25, 0.3) is 0 Å². The lowest BCUT2D eigenvalue weighted by Gasteiger charge is -2.09. The van der Waals surface area contributed by atoms with Gasteiger partial charge in [-0.1, -0.05) is 41.9 Å². The molecular formula is C20H21ClN2O4. The molecule has 0 unspecified atom stereocenters. The maximum Gasteiger partial charge on any atom is 0.306 e. The molecule has 0 bridgehead atoms. The molecule has 2 aromatic carbocycles. The molecule has 0 aromatic heterocycles. The predicted molar refractivity (Wildman–Crippen MR) is 105 cm³/mol. The van der Waals surface area contributed by atoms with Gasteiger partial charge in [0.25, 0.3) is 5.91 Å². The van der Waals surface area contributed by atoms with Crippen molar-refractivity contribution in [2.75, 3.05) is 17.2 Å². The zero-order valence-electron chi connectivity index (χ0n) is 15.0. The monoisotopic (exact) mass is 388 g/mol. The van der Waals surface area contributed by atoms with E-state index in [0.717, 1.165) is 11.3 Å². The minimum Gasteiger partial charge on any atom is -0.456 e. The lowest BCUT2D eigenvalue weighted by Crippen LogP contribution is -2.21. The molecule has 2 aromatic rings. The molecule has 0 saturated carbocycles. The van der Waals surface area contributed by atoms with Crippen LogP contribution in [0.5, 0.6) is 0 Å². The molecule has 0 atom stereocenters. The maximum atomic E-state index is 11.9. The highest BCUT2D eigenvalue weighted by molar-refractivity contribution is 6.33. The van der Waals surface area contributed by atoms with Gasteiger partial charge in [0.05, 0.1) is 10.7 Å². The van der Waals surface area contributed by atoms with Gasteiger partial charge in [0.15, 0.2) is 6.61 Å². The number of hydrogen-bond acceptors (Lipinski definition) is 4. The zero-order valence-corrected chi connectivity index (χ0v) is 15.7. The number of halogens is 1. The third kappa shape index (κ3) is 7.11. The number of benzene rings is 2. The summed E-state index contributed by atoms with van der Waals surface area (Å²) in [6.45, 7) is 1.50. The Kier molecular flexibility index (Phi) is 7.82. The van der Waals surface area contributed by atoms with Gasteiger partial charge in [-0.2, -0.15) is 0 Å². The van der Waals surface area contributed by atoms with Gasteiger partial charge < -0.3 is 15.4 Å². The van der Waals surface area contributed by atoms with Crippen LogP contribution >= 0.6 is 11.6 Å². The van der Waals surface area contributed by atoms with Crippen LogP contribution < -0.4 is 10.6 Å². The van der Waals surface area contributed by atoms with E-state index in [-0.39, 0.29) is 18.7 Å². The third-order valence-corrected chi connectivity index (χ3v) is 4.05. The maximum absolute atomic E-state index is 11.9. The van der Waals surface area contributed by atoms with E-state index in [2.05, 4.69) is 10.6 Å². The molecule has 0 saturated heterocycles. The van der Waals surface area contributed by atoms with Crippen LogP contribution in [0.4, 0.5) is 11.4 Å². The van der Waals surface area contributed by atoms with Crippen LogP contribution in [0, 0.1) is 6.92 Å². The molecule has 0 radical (unpaired) electrons. The Bertz CT molecular complexity index is 823. The Labute approximate surface area is 162 Å². The van der Waals surface area contributed by atoms with Gasteiger partial charge in [0.1, 0.15) is 0 Å². The first kappa shape index (κ1) is 20.5. The highest BCUT2D eigenvalue weighted by Gasteiger charge is 2.11. The van der Waals surface area contributed by atoms with Gasteiger partial charge in [-0.05, 0) is 37.1 Å². The standard InChI is InChI=1S/C20H21ClN2O4/c1-14-7-2-4-9-16(14)22-18(24)11-6-12-20(26)27-13-19(25)23-17-10-5-3-8-15(17)21/h2-5,7-10H,6,11-13H2,1H3,(H,22,24)(H,23,25). The molecule has 2 N–H and O–H groups in total. The van der Waals surface area contributed by atoms with Gasteiger partial charge in [0, 0.05) is 18.5 Å². The van der Waals surface area contributed by atoms with Crippen molar-refractivity contribution >= 4 is 40.8 Å². The molecule has 27 heavy (non-hydrogen) atoms. The SMILES string of the molecule is Cc1ccccc1NC(=O)CCCC(=O)OCC(=O)Nc1ccccc1Cl. The van der Waals surface area contributed by atoms with E-state index in [1.807, 2.05) is 31.2 Å². The van der Waals surface area contributed by atoms with Crippen molar-refractivity contribution in [1.82, 2.24) is 0 Å². The number of anilines is 2. The first-order valence-corrected chi connectivity index (χ1v) is 8.89. The van der Waals surface area contributed by atoms with E-state index in [9.17, 15) is 14.4 Å². The van der Waals surface area contributed by atoms with Crippen LogP contribution in [0.1, 0.15) is 24.8 Å². The number of amides is 2. The van der Waals surface area contributed by atoms with E-state index < -0.39 is 18.5 Å². The number of carbonyl (C=O) groups excluding carboxylic acids is 3. The summed E-state index contributed by atoms with van der Waals surface area (Å²) in [6, 6.07) is 14.2. The van der Waals surface area contributed by atoms with E-state index in [1.54, 1.807) is 24.3 Å². The van der Waals surface area contributed by atoms with Crippen LogP contribution in [-0.2, 0) is 19.1 Å². The van der Waals surface area contributed by atoms with Gasteiger partial charge in [0.2, 0.25) is 5.91 Å². The van der Waals surface area contributed by atoms with Crippen LogP contribution in [0.2, 0.25) is 5.02 Å². The largest absolute Gasteiger partial charge is 0.456 e. The summed E-state index contributed by atoms with van der Waals surface area (Å²) in [5.41, 5.74) is 2.17. The molecule has 0 aliphatic heterocycles. The van der Waals surface area contributed by atoms with Crippen molar-refractivity contribution in [3.8, 4) is 0 Å². The molecule has 0 spiro atoms. The Morgan fingerprint density at radius 1 is 0.889 bits per heavy atom. The van der Waals surface area contributed by atoms with Crippen LogP contribution in [0.3, 0.4) is 0 Å². The predicted octanol–water partition coefficient (Wildman–Crippen LogP) is 3.94. The van der Waals surface area contributed by atoms with Gasteiger partial charge in [-0.15, -0.1) is 0 Å². The van der Waals surface area contributed by atoms with Gasteiger partial charge in [-0.25, -0.2) is 0 Å². The summed E-state index contributed by atoms with van der Waals surface area (Å²) in [6.07, 6.45) is 0.582. The second-order valence-electron chi connectivity index (χ2n) is 5.91. The number of esters is 1. The molecule has 142 valence electrons. The van der Waals surface area contributed by atoms with Gasteiger partial charge >= 0.3 is 5.97 Å². The normalized spacial score (nSPS) is 10.1. The smallest absolute Gasteiger partial charge is 0.306 e. The number of para-hydroxylation sites is 2. The summed E-state index contributed by atoms with van der Waals surface area (Å²) in [5.74, 6) is -1.18. The Morgan fingerprint density at radius 3 is 2.22 bits per heavy atom. The summed E-state index contributed by atoms with van der Waals surface area (Å²) >= 11 is 5.94. The zero-order chi connectivity index (χ0) is 19.6. The molecule has 0 fully saturated rings. The van der Waals surface area contributed by atoms with Crippen LogP contribution in [0.15, 0.2) is 48.5 Å². The number of carbonyl (C=O) groups is 3. The van der Waals surface area contributed by atoms with Crippen molar-refractivity contribution < 1.29 is 19.1 Å². The van der Waals surface area contributed by atoms with Gasteiger partial charge in [-0.3, -0.25) is 14.4 Å². The molecule has 7 heteroatoms. The summed E-state index contributed by atoms with van der Waals surface area (Å²) < 4.78 is 4.91. The second kappa shape index (κ2) is 10.3. The number of hydrogen-bond donors (Lipinski definition) is 2. The Hall–Kier alpha value is -2.86. The first-order chi connectivity index (χ1) is 13.0. The average Bonchev–Trinajstić information content (AvgIpc) is 2.64. The van der Waals surface area contributed by atoms with Crippen molar-refractivity contribution in [1.29, 1.82) is 0 Å². The van der Waals surface area contributed by atoms with E-state index in [0.29, 0.717) is 17.1 Å². The Morgan fingerprint density at radius 2 is 1.52 bits per heavy atom. The third-order valence-electron chi connectivity index (χ3n) is 3.72. The minimum absolute atomic E-state index is 0.0561.